The highest BCUT2D eigenvalue weighted by molar-refractivity contribution is 5.28. The first-order chi connectivity index (χ1) is 8.61. The number of rotatable bonds is 7. The van der Waals surface area contributed by atoms with Crippen LogP contribution in [-0.2, 0) is 11.2 Å². The number of nitrogens with one attached hydrogen (secondary N) is 1. The van der Waals surface area contributed by atoms with Gasteiger partial charge in [0, 0.05) is 6.61 Å². The lowest BCUT2D eigenvalue weighted by atomic mass is 9.87. The lowest BCUT2D eigenvalue weighted by Gasteiger charge is -2.37. The van der Waals surface area contributed by atoms with Gasteiger partial charge < -0.3 is 10.1 Å². The fourth-order valence-corrected chi connectivity index (χ4v) is 2.54. The molecule has 102 valence electrons. The highest BCUT2D eigenvalue weighted by Crippen LogP contribution is 2.32. The third kappa shape index (κ3) is 3.33. The highest BCUT2D eigenvalue weighted by Gasteiger charge is 2.33. The van der Waals surface area contributed by atoms with Crippen molar-refractivity contribution in [3.05, 3.63) is 35.4 Å². The summed E-state index contributed by atoms with van der Waals surface area (Å²) in [5, 5.41) is 3.42. The quantitative estimate of drug-likeness (QED) is 0.795. The first kappa shape index (κ1) is 15.2. The zero-order valence-corrected chi connectivity index (χ0v) is 12.4. The number of hydrogen-bond donors (Lipinski definition) is 1. The van der Waals surface area contributed by atoms with Crippen molar-refractivity contribution in [3.63, 3.8) is 0 Å². The molecule has 0 aliphatic heterocycles. The molecule has 0 heterocycles. The van der Waals surface area contributed by atoms with Gasteiger partial charge in [0.2, 0.25) is 0 Å². The van der Waals surface area contributed by atoms with Gasteiger partial charge in [-0.3, -0.25) is 0 Å². The van der Waals surface area contributed by atoms with Crippen molar-refractivity contribution >= 4 is 0 Å². The fraction of sp³-hybridized carbons (Fsp3) is 0.625. The number of benzene rings is 1. The molecule has 0 spiro atoms. The second-order valence-corrected chi connectivity index (χ2v) is 4.92. The van der Waals surface area contributed by atoms with Crippen LogP contribution in [0.25, 0.3) is 0 Å². The van der Waals surface area contributed by atoms with Crippen LogP contribution >= 0.6 is 0 Å². The molecule has 1 aromatic carbocycles. The van der Waals surface area contributed by atoms with Gasteiger partial charge >= 0.3 is 0 Å². The zero-order valence-electron chi connectivity index (χ0n) is 12.4. The summed E-state index contributed by atoms with van der Waals surface area (Å²) in [5.74, 6) is 0. The molecule has 0 aromatic heterocycles. The molecule has 2 heteroatoms. The van der Waals surface area contributed by atoms with Gasteiger partial charge in [-0.15, -0.1) is 0 Å². The van der Waals surface area contributed by atoms with Crippen molar-refractivity contribution < 1.29 is 4.74 Å². The Bertz CT molecular complexity index is 364. The van der Waals surface area contributed by atoms with Crippen molar-refractivity contribution in [2.45, 2.75) is 52.2 Å². The van der Waals surface area contributed by atoms with E-state index in [-0.39, 0.29) is 11.6 Å². The minimum absolute atomic E-state index is 0.157. The Hall–Kier alpha value is -0.860. The Balaban J connectivity index is 3.06. The van der Waals surface area contributed by atoms with Crippen LogP contribution in [0.5, 0.6) is 0 Å². The summed E-state index contributed by atoms with van der Waals surface area (Å²) < 4.78 is 6.00. The molecule has 0 fully saturated rings. The molecular weight excluding hydrogens is 222 g/mol. The summed E-state index contributed by atoms with van der Waals surface area (Å²) in [5.41, 5.74) is 2.54. The van der Waals surface area contributed by atoms with Gasteiger partial charge in [0.1, 0.15) is 0 Å². The van der Waals surface area contributed by atoms with Crippen molar-refractivity contribution in [1.29, 1.82) is 0 Å². The second kappa shape index (κ2) is 6.91. The Morgan fingerprint density at radius 1 is 1.28 bits per heavy atom. The maximum Gasteiger partial charge on any atom is 0.0845 e. The molecular formula is C16H27NO. The SMILES string of the molecule is CCOC(C)(CC)C(NC)c1cccc(CC)c1. The van der Waals surface area contributed by atoms with Crippen LogP contribution in [0.15, 0.2) is 24.3 Å². The van der Waals surface area contributed by atoms with Gasteiger partial charge in [-0.05, 0) is 44.9 Å². The summed E-state index contributed by atoms with van der Waals surface area (Å²) in [6, 6.07) is 9.02. The Labute approximate surface area is 112 Å². The van der Waals surface area contributed by atoms with E-state index in [0.717, 1.165) is 19.4 Å². The molecule has 1 rings (SSSR count). The van der Waals surface area contributed by atoms with Crippen LogP contribution in [0.1, 0.15) is 51.3 Å². The van der Waals surface area contributed by atoms with E-state index in [1.807, 2.05) is 7.05 Å². The van der Waals surface area contributed by atoms with E-state index in [2.05, 4.69) is 57.3 Å². The van der Waals surface area contributed by atoms with Gasteiger partial charge in [-0.2, -0.15) is 0 Å². The Morgan fingerprint density at radius 3 is 2.50 bits per heavy atom. The van der Waals surface area contributed by atoms with Gasteiger partial charge in [-0.25, -0.2) is 0 Å². The average Bonchev–Trinajstić information content (AvgIpc) is 2.40. The highest BCUT2D eigenvalue weighted by atomic mass is 16.5. The standard InChI is InChI=1S/C16H27NO/c1-6-13-10-9-11-14(12-13)15(17-5)16(4,7-2)18-8-3/h9-12,15,17H,6-8H2,1-5H3. The molecule has 0 bridgehead atoms. The van der Waals surface area contributed by atoms with Crippen molar-refractivity contribution in [1.82, 2.24) is 5.32 Å². The van der Waals surface area contributed by atoms with Gasteiger partial charge in [0.25, 0.3) is 0 Å². The predicted octanol–water partition coefficient (Wildman–Crippen LogP) is 3.71. The third-order valence-electron chi connectivity index (χ3n) is 3.77. The summed E-state index contributed by atoms with van der Waals surface area (Å²) >= 11 is 0. The third-order valence-corrected chi connectivity index (χ3v) is 3.77. The molecule has 0 radical (unpaired) electrons. The maximum absolute atomic E-state index is 6.00. The smallest absolute Gasteiger partial charge is 0.0845 e. The van der Waals surface area contributed by atoms with Crippen LogP contribution in [0.3, 0.4) is 0 Å². The largest absolute Gasteiger partial charge is 0.374 e. The van der Waals surface area contributed by atoms with Crippen LogP contribution in [0, 0.1) is 0 Å². The van der Waals surface area contributed by atoms with E-state index in [1.165, 1.54) is 11.1 Å². The van der Waals surface area contributed by atoms with E-state index in [9.17, 15) is 0 Å². The second-order valence-electron chi connectivity index (χ2n) is 4.92. The number of ether oxygens (including phenoxy) is 1. The average molecular weight is 249 g/mol. The molecule has 2 nitrogen and oxygen atoms in total. The van der Waals surface area contributed by atoms with Crippen LogP contribution in [0.4, 0.5) is 0 Å². The van der Waals surface area contributed by atoms with Gasteiger partial charge in [-0.1, -0.05) is 38.1 Å². The minimum Gasteiger partial charge on any atom is -0.374 e. The summed E-state index contributed by atoms with van der Waals surface area (Å²) in [7, 11) is 2.01. The van der Waals surface area contributed by atoms with E-state index in [0.29, 0.717) is 0 Å². The molecule has 0 aliphatic rings. The normalized spacial score (nSPS) is 16.3. The van der Waals surface area contributed by atoms with Crippen LogP contribution < -0.4 is 5.32 Å². The Morgan fingerprint density at radius 2 is 2.00 bits per heavy atom. The first-order valence-corrected chi connectivity index (χ1v) is 7.01. The van der Waals surface area contributed by atoms with Crippen molar-refractivity contribution in [2.24, 2.45) is 0 Å². The molecule has 2 atom stereocenters. The van der Waals surface area contributed by atoms with Crippen LogP contribution in [-0.4, -0.2) is 19.3 Å². The zero-order chi connectivity index (χ0) is 13.6. The number of aryl methyl sites for hydroxylation is 1. The predicted molar refractivity (Wildman–Crippen MR) is 77.9 cm³/mol. The van der Waals surface area contributed by atoms with Gasteiger partial charge in [0.05, 0.1) is 11.6 Å². The Kier molecular flexibility index (Phi) is 5.83. The van der Waals surface area contributed by atoms with Crippen molar-refractivity contribution in [2.75, 3.05) is 13.7 Å². The van der Waals surface area contributed by atoms with E-state index < -0.39 is 0 Å². The lowest BCUT2D eigenvalue weighted by Crippen LogP contribution is -2.42. The lowest BCUT2D eigenvalue weighted by molar-refractivity contribution is -0.0547. The van der Waals surface area contributed by atoms with E-state index in [4.69, 9.17) is 4.74 Å². The van der Waals surface area contributed by atoms with Gasteiger partial charge in [0.15, 0.2) is 0 Å². The summed E-state index contributed by atoms with van der Waals surface area (Å²) in [6.45, 7) is 9.37. The van der Waals surface area contributed by atoms with E-state index in [1.54, 1.807) is 0 Å². The number of hydrogen-bond acceptors (Lipinski definition) is 2. The monoisotopic (exact) mass is 249 g/mol. The van der Waals surface area contributed by atoms with Crippen molar-refractivity contribution in [3.8, 4) is 0 Å². The summed E-state index contributed by atoms with van der Waals surface area (Å²) in [4.78, 5) is 0. The number of likely N-dealkylation sites (N-methyl/N-ethyl adjacent to an activating group) is 1. The molecule has 2 unspecified atom stereocenters. The first-order valence-electron chi connectivity index (χ1n) is 7.01. The molecule has 0 saturated carbocycles. The van der Waals surface area contributed by atoms with Crippen LogP contribution in [0.2, 0.25) is 0 Å². The molecule has 0 amide bonds. The molecule has 1 N–H and O–H groups in total. The molecule has 18 heavy (non-hydrogen) atoms. The van der Waals surface area contributed by atoms with E-state index >= 15 is 0 Å². The minimum atomic E-state index is -0.157. The molecule has 1 aromatic rings. The topological polar surface area (TPSA) is 21.3 Å². The molecule has 0 saturated heterocycles. The fourth-order valence-electron chi connectivity index (χ4n) is 2.54. The maximum atomic E-state index is 6.00. The molecule has 0 aliphatic carbocycles. The summed E-state index contributed by atoms with van der Waals surface area (Å²) in [6.07, 6.45) is 2.06.